The van der Waals surface area contributed by atoms with Crippen molar-refractivity contribution in [2.24, 2.45) is 17.8 Å². The van der Waals surface area contributed by atoms with Crippen molar-refractivity contribution in [2.45, 2.75) is 52.5 Å². The molecule has 1 amide bonds. The lowest BCUT2D eigenvalue weighted by Gasteiger charge is -2.35. The molecular formula is C14H28N2O. The topological polar surface area (TPSA) is 41.1 Å². The molecule has 1 aliphatic rings. The summed E-state index contributed by atoms with van der Waals surface area (Å²) in [5.41, 5.74) is 0. The molecule has 0 radical (unpaired) electrons. The summed E-state index contributed by atoms with van der Waals surface area (Å²) in [6, 6.07) is 0.399. The van der Waals surface area contributed by atoms with Crippen LogP contribution in [0.2, 0.25) is 0 Å². The van der Waals surface area contributed by atoms with Crippen LogP contribution in [0.1, 0.15) is 46.5 Å². The second-order valence-electron chi connectivity index (χ2n) is 5.77. The molecule has 0 aliphatic heterocycles. The Hall–Kier alpha value is -0.570. The van der Waals surface area contributed by atoms with Crippen molar-refractivity contribution in [3.05, 3.63) is 0 Å². The van der Waals surface area contributed by atoms with Gasteiger partial charge in [-0.2, -0.15) is 0 Å². The lowest BCUT2D eigenvalue weighted by Crippen LogP contribution is -2.46. The van der Waals surface area contributed by atoms with E-state index in [-0.39, 0.29) is 11.8 Å². The van der Waals surface area contributed by atoms with Gasteiger partial charge in [0.1, 0.15) is 0 Å². The fraction of sp³-hybridized carbons (Fsp3) is 0.929. The minimum Gasteiger partial charge on any atom is -0.353 e. The highest BCUT2D eigenvalue weighted by Gasteiger charge is 2.29. The van der Waals surface area contributed by atoms with Crippen LogP contribution < -0.4 is 10.6 Å². The third-order valence-corrected chi connectivity index (χ3v) is 3.96. The van der Waals surface area contributed by atoms with Crippen LogP contribution in [0.15, 0.2) is 0 Å². The monoisotopic (exact) mass is 240 g/mol. The predicted octanol–water partition coefficient (Wildman–Crippen LogP) is 2.17. The van der Waals surface area contributed by atoms with Crippen LogP contribution in [0.4, 0.5) is 0 Å². The van der Waals surface area contributed by atoms with E-state index < -0.39 is 0 Å². The third-order valence-electron chi connectivity index (χ3n) is 3.96. The first-order valence-corrected chi connectivity index (χ1v) is 7.01. The van der Waals surface area contributed by atoms with E-state index in [1.54, 1.807) is 0 Å². The first-order chi connectivity index (χ1) is 8.06. The molecule has 0 spiro atoms. The maximum atomic E-state index is 12.0. The van der Waals surface area contributed by atoms with Crippen LogP contribution in [0.3, 0.4) is 0 Å². The maximum Gasteiger partial charge on any atom is 0.224 e. The molecule has 0 aromatic carbocycles. The van der Waals surface area contributed by atoms with Crippen molar-refractivity contribution in [1.29, 1.82) is 0 Å². The summed E-state index contributed by atoms with van der Waals surface area (Å²) in [5, 5.41) is 6.31. The van der Waals surface area contributed by atoms with Crippen LogP contribution in [0.5, 0.6) is 0 Å². The van der Waals surface area contributed by atoms with Crippen molar-refractivity contribution in [2.75, 3.05) is 13.6 Å². The zero-order chi connectivity index (χ0) is 12.8. The number of nitrogens with one attached hydrogen (secondary N) is 2. The van der Waals surface area contributed by atoms with Crippen LogP contribution >= 0.6 is 0 Å². The number of amides is 1. The number of rotatable bonds is 5. The molecule has 0 saturated heterocycles. The van der Waals surface area contributed by atoms with E-state index in [2.05, 4.69) is 24.5 Å². The summed E-state index contributed by atoms with van der Waals surface area (Å²) in [6.07, 6.45) is 5.00. The highest BCUT2D eigenvalue weighted by Crippen LogP contribution is 2.30. The van der Waals surface area contributed by atoms with Gasteiger partial charge in [0.2, 0.25) is 5.91 Å². The Bertz CT molecular complexity index is 240. The Morgan fingerprint density at radius 1 is 1.24 bits per heavy atom. The van der Waals surface area contributed by atoms with Crippen molar-refractivity contribution in [3.63, 3.8) is 0 Å². The van der Waals surface area contributed by atoms with Gasteiger partial charge >= 0.3 is 0 Å². The number of hydrogen-bond donors (Lipinski definition) is 2. The molecule has 3 heteroatoms. The Balaban J connectivity index is 2.49. The van der Waals surface area contributed by atoms with Crippen LogP contribution in [0.25, 0.3) is 0 Å². The fourth-order valence-electron chi connectivity index (χ4n) is 2.86. The van der Waals surface area contributed by atoms with E-state index in [0.717, 1.165) is 13.0 Å². The molecule has 0 aromatic rings. The summed E-state index contributed by atoms with van der Waals surface area (Å²) < 4.78 is 0. The molecule has 1 rings (SSSR count). The first-order valence-electron chi connectivity index (χ1n) is 7.01. The molecule has 1 aliphatic carbocycles. The van der Waals surface area contributed by atoms with Gasteiger partial charge < -0.3 is 10.6 Å². The van der Waals surface area contributed by atoms with Gasteiger partial charge in [-0.25, -0.2) is 0 Å². The molecule has 0 heterocycles. The average Bonchev–Trinajstić information content (AvgIpc) is 2.29. The summed E-state index contributed by atoms with van der Waals surface area (Å²) in [7, 11) is 1.89. The zero-order valence-electron chi connectivity index (χ0n) is 11.8. The molecule has 3 nitrogen and oxygen atoms in total. The van der Waals surface area contributed by atoms with E-state index in [4.69, 9.17) is 0 Å². The Labute approximate surface area is 106 Å². The molecule has 2 N–H and O–H groups in total. The summed E-state index contributed by atoms with van der Waals surface area (Å²) in [6.45, 7) is 7.28. The lowest BCUT2D eigenvalue weighted by molar-refractivity contribution is -0.125. The summed E-state index contributed by atoms with van der Waals surface area (Å²) in [5.74, 6) is 1.60. The standard InChI is InChI=1S/C14H28N2O/c1-10(2)12-7-5-6-8-13(12)16-14(17)11(3)9-15-4/h10-13,15H,5-9H2,1-4H3,(H,16,17). The lowest BCUT2D eigenvalue weighted by atomic mass is 9.77. The molecule has 3 atom stereocenters. The Morgan fingerprint density at radius 2 is 1.88 bits per heavy atom. The van der Waals surface area contributed by atoms with Crippen molar-refractivity contribution in [3.8, 4) is 0 Å². The van der Waals surface area contributed by atoms with Gasteiger partial charge in [0.05, 0.1) is 0 Å². The second-order valence-corrected chi connectivity index (χ2v) is 5.77. The molecule has 0 bridgehead atoms. The molecule has 0 aromatic heterocycles. The summed E-state index contributed by atoms with van der Waals surface area (Å²) >= 11 is 0. The maximum absolute atomic E-state index is 12.0. The predicted molar refractivity (Wildman–Crippen MR) is 71.8 cm³/mol. The largest absolute Gasteiger partial charge is 0.353 e. The molecule has 100 valence electrons. The van der Waals surface area contributed by atoms with Gasteiger partial charge in [-0.3, -0.25) is 4.79 Å². The van der Waals surface area contributed by atoms with E-state index >= 15 is 0 Å². The SMILES string of the molecule is CNCC(C)C(=O)NC1CCCCC1C(C)C. The summed E-state index contributed by atoms with van der Waals surface area (Å²) in [4.78, 5) is 12.0. The fourth-order valence-corrected chi connectivity index (χ4v) is 2.86. The van der Waals surface area contributed by atoms with Gasteiger partial charge in [-0.15, -0.1) is 0 Å². The molecule has 3 unspecified atom stereocenters. The highest BCUT2D eigenvalue weighted by atomic mass is 16.1. The molecule has 1 saturated carbocycles. The highest BCUT2D eigenvalue weighted by molar-refractivity contribution is 5.78. The van der Waals surface area contributed by atoms with Crippen molar-refractivity contribution < 1.29 is 4.79 Å². The smallest absolute Gasteiger partial charge is 0.224 e. The zero-order valence-corrected chi connectivity index (χ0v) is 11.8. The van der Waals surface area contributed by atoms with Gasteiger partial charge in [0.25, 0.3) is 0 Å². The number of carbonyl (C=O) groups excluding carboxylic acids is 1. The van der Waals surface area contributed by atoms with E-state index in [0.29, 0.717) is 17.9 Å². The van der Waals surface area contributed by atoms with Gasteiger partial charge in [-0.1, -0.05) is 33.6 Å². The van der Waals surface area contributed by atoms with Gasteiger partial charge in [-0.05, 0) is 31.7 Å². The van der Waals surface area contributed by atoms with Crippen molar-refractivity contribution >= 4 is 5.91 Å². The molecule has 17 heavy (non-hydrogen) atoms. The minimum atomic E-state index is 0.0646. The van der Waals surface area contributed by atoms with Crippen LogP contribution in [0, 0.1) is 17.8 Å². The van der Waals surface area contributed by atoms with E-state index in [1.807, 2.05) is 14.0 Å². The third kappa shape index (κ3) is 4.30. The first kappa shape index (κ1) is 14.5. The Kier molecular flexibility index (Phi) is 5.96. The quantitative estimate of drug-likeness (QED) is 0.773. The van der Waals surface area contributed by atoms with Gasteiger partial charge in [0.15, 0.2) is 0 Å². The van der Waals surface area contributed by atoms with E-state index in [1.165, 1.54) is 19.3 Å². The van der Waals surface area contributed by atoms with Crippen molar-refractivity contribution in [1.82, 2.24) is 10.6 Å². The Morgan fingerprint density at radius 3 is 2.47 bits per heavy atom. The van der Waals surface area contributed by atoms with E-state index in [9.17, 15) is 4.79 Å². The normalized spacial score (nSPS) is 26.9. The minimum absolute atomic E-state index is 0.0646. The van der Waals surface area contributed by atoms with Crippen LogP contribution in [-0.4, -0.2) is 25.5 Å². The van der Waals surface area contributed by atoms with Crippen LogP contribution in [-0.2, 0) is 4.79 Å². The number of carbonyl (C=O) groups is 1. The molecule has 1 fully saturated rings. The average molecular weight is 240 g/mol. The number of hydrogen-bond acceptors (Lipinski definition) is 2. The van der Waals surface area contributed by atoms with Gasteiger partial charge in [0, 0.05) is 18.5 Å². The second kappa shape index (κ2) is 7.00. The molecular weight excluding hydrogens is 212 g/mol.